The van der Waals surface area contributed by atoms with E-state index in [-0.39, 0.29) is 11.7 Å². The van der Waals surface area contributed by atoms with Gasteiger partial charge in [0.2, 0.25) is 0 Å². The van der Waals surface area contributed by atoms with Gasteiger partial charge in [-0.3, -0.25) is 4.79 Å². The molecule has 1 amide bonds. The second-order valence-electron chi connectivity index (χ2n) is 7.12. The lowest BCUT2D eigenvalue weighted by Gasteiger charge is -2.27. The van der Waals surface area contributed by atoms with Crippen molar-refractivity contribution in [3.05, 3.63) is 47.0 Å². The third kappa shape index (κ3) is 3.75. The number of hydrogen-bond donors (Lipinski definition) is 0. The first kappa shape index (κ1) is 17.6. The lowest BCUT2D eigenvalue weighted by atomic mass is 9.89. The van der Waals surface area contributed by atoms with Crippen molar-refractivity contribution in [3.63, 3.8) is 0 Å². The molecular weight excluding hydrogens is 317 g/mol. The molecule has 1 aliphatic carbocycles. The fraction of sp³-hybridized carbons (Fsp3) is 0.500. The van der Waals surface area contributed by atoms with Gasteiger partial charge in [0.15, 0.2) is 0 Å². The average molecular weight is 343 g/mol. The highest BCUT2D eigenvalue weighted by Gasteiger charge is 2.24. The molecule has 0 saturated heterocycles. The van der Waals surface area contributed by atoms with Crippen LogP contribution in [-0.4, -0.2) is 34.2 Å². The first-order chi connectivity index (χ1) is 12.0. The van der Waals surface area contributed by atoms with Crippen LogP contribution in [-0.2, 0) is 0 Å². The Morgan fingerprint density at radius 1 is 1.20 bits per heavy atom. The number of rotatable bonds is 4. The number of hydrogen-bond acceptors (Lipinski definition) is 2. The van der Waals surface area contributed by atoms with E-state index in [2.05, 4.69) is 5.10 Å². The van der Waals surface area contributed by atoms with Crippen molar-refractivity contribution in [2.24, 2.45) is 5.92 Å². The maximum atomic E-state index is 13.2. The number of benzene rings is 1. The molecule has 1 heterocycles. The van der Waals surface area contributed by atoms with E-state index < -0.39 is 0 Å². The Morgan fingerprint density at radius 2 is 1.84 bits per heavy atom. The van der Waals surface area contributed by atoms with Crippen LogP contribution < -0.4 is 0 Å². The summed E-state index contributed by atoms with van der Waals surface area (Å²) in [5.74, 6) is 0.346. The van der Waals surface area contributed by atoms with Gasteiger partial charge in [0.05, 0.1) is 22.6 Å². The summed E-state index contributed by atoms with van der Waals surface area (Å²) in [6, 6.07) is 6.16. The van der Waals surface area contributed by atoms with Crippen LogP contribution in [0.4, 0.5) is 4.39 Å². The number of aryl methyl sites for hydroxylation is 1. The molecular formula is C20H26FN3O. The highest BCUT2D eigenvalue weighted by molar-refractivity contribution is 5.96. The molecule has 25 heavy (non-hydrogen) atoms. The van der Waals surface area contributed by atoms with Crippen LogP contribution >= 0.6 is 0 Å². The molecule has 0 spiro atoms. The third-order valence-corrected chi connectivity index (χ3v) is 5.18. The van der Waals surface area contributed by atoms with E-state index in [4.69, 9.17) is 0 Å². The van der Waals surface area contributed by atoms with Crippen LogP contribution in [0.1, 0.15) is 53.8 Å². The molecule has 1 fully saturated rings. The number of carbonyl (C=O) groups excluding carboxylic acids is 1. The Labute approximate surface area is 148 Å². The van der Waals surface area contributed by atoms with Gasteiger partial charge in [-0.15, -0.1) is 0 Å². The summed E-state index contributed by atoms with van der Waals surface area (Å²) in [5, 5.41) is 4.51. The highest BCUT2D eigenvalue weighted by atomic mass is 19.1. The van der Waals surface area contributed by atoms with Crippen LogP contribution in [0, 0.1) is 25.6 Å². The molecule has 0 N–H and O–H groups in total. The summed E-state index contributed by atoms with van der Waals surface area (Å²) >= 11 is 0. The Kier molecular flexibility index (Phi) is 5.21. The molecule has 1 saturated carbocycles. The van der Waals surface area contributed by atoms with Crippen molar-refractivity contribution in [2.75, 3.05) is 13.6 Å². The first-order valence-electron chi connectivity index (χ1n) is 9.05. The van der Waals surface area contributed by atoms with Crippen LogP contribution in [0.25, 0.3) is 5.69 Å². The lowest BCUT2D eigenvalue weighted by Crippen LogP contribution is -2.33. The van der Waals surface area contributed by atoms with Gasteiger partial charge in [-0.25, -0.2) is 9.07 Å². The molecule has 1 aromatic heterocycles. The summed E-state index contributed by atoms with van der Waals surface area (Å²) in [5.41, 5.74) is 2.92. The molecule has 0 aliphatic heterocycles. The zero-order valence-corrected chi connectivity index (χ0v) is 15.3. The predicted octanol–water partition coefficient (Wildman–Crippen LogP) is 4.28. The van der Waals surface area contributed by atoms with Crippen molar-refractivity contribution in [2.45, 2.75) is 46.0 Å². The topological polar surface area (TPSA) is 38.1 Å². The van der Waals surface area contributed by atoms with Gasteiger partial charge in [-0.1, -0.05) is 19.3 Å². The summed E-state index contributed by atoms with van der Waals surface area (Å²) in [7, 11) is 1.88. The van der Waals surface area contributed by atoms with E-state index in [0.717, 1.165) is 17.9 Å². The SMILES string of the molecule is Cc1nn(-c2ccc(F)cc2)c(C)c1C(=O)N(C)CC1CCCCC1. The van der Waals surface area contributed by atoms with E-state index in [1.807, 2.05) is 25.8 Å². The first-order valence-corrected chi connectivity index (χ1v) is 9.05. The molecule has 1 aromatic carbocycles. The second kappa shape index (κ2) is 7.38. The fourth-order valence-electron chi connectivity index (χ4n) is 3.82. The van der Waals surface area contributed by atoms with Gasteiger partial charge in [0.1, 0.15) is 5.82 Å². The van der Waals surface area contributed by atoms with Crippen molar-refractivity contribution in [1.29, 1.82) is 0 Å². The van der Waals surface area contributed by atoms with Gasteiger partial charge >= 0.3 is 0 Å². The lowest BCUT2D eigenvalue weighted by molar-refractivity contribution is 0.0759. The van der Waals surface area contributed by atoms with Crippen molar-refractivity contribution < 1.29 is 9.18 Å². The van der Waals surface area contributed by atoms with Crippen LogP contribution in [0.15, 0.2) is 24.3 Å². The van der Waals surface area contributed by atoms with Crippen molar-refractivity contribution >= 4 is 5.91 Å². The summed E-state index contributed by atoms with van der Waals surface area (Å²) in [6.45, 7) is 4.55. The van der Waals surface area contributed by atoms with E-state index >= 15 is 0 Å². The maximum absolute atomic E-state index is 13.2. The van der Waals surface area contributed by atoms with Gasteiger partial charge in [0.25, 0.3) is 5.91 Å². The van der Waals surface area contributed by atoms with Gasteiger partial charge in [-0.05, 0) is 56.9 Å². The average Bonchev–Trinajstić information content (AvgIpc) is 2.90. The highest BCUT2D eigenvalue weighted by Crippen LogP contribution is 2.25. The normalized spacial score (nSPS) is 15.4. The van der Waals surface area contributed by atoms with Gasteiger partial charge < -0.3 is 4.90 Å². The standard InChI is InChI=1S/C20H26FN3O/c1-14-19(20(25)23(3)13-16-7-5-4-6-8-16)15(2)24(22-14)18-11-9-17(21)10-12-18/h9-12,16H,4-8,13H2,1-3H3. The quantitative estimate of drug-likeness (QED) is 0.831. The number of aromatic nitrogens is 2. The number of amides is 1. The van der Waals surface area contributed by atoms with Gasteiger partial charge in [0, 0.05) is 13.6 Å². The molecule has 134 valence electrons. The van der Waals surface area contributed by atoms with Crippen LogP contribution in [0.5, 0.6) is 0 Å². The molecule has 0 atom stereocenters. The maximum Gasteiger partial charge on any atom is 0.257 e. The minimum absolute atomic E-state index is 0.0222. The minimum Gasteiger partial charge on any atom is -0.341 e. The third-order valence-electron chi connectivity index (χ3n) is 5.18. The smallest absolute Gasteiger partial charge is 0.257 e. The van der Waals surface area contributed by atoms with Crippen molar-refractivity contribution in [1.82, 2.24) is 14.7 Å². The molecule has 0 bridgehead atoms. The molecule has 2 aromatic rings. The van der Waals surface area contributed by atoms with Crippen LogP contribution in [0.3, 0.4) is 0 Å². The molecule has 4 nitrogen and oxygen atoms in total. The zero-order valence-electron chi connectivity index (χ0n) is 15.3. The fourth-order valence-corrected chi connectivity index (χ4v) is 3.82. The summed E-state index contributed by atoms with van der Waals surface area (Å²) in [6.07, 6.45) is 6.28. The van der Waals surface area contributed by atoms with E-state index in [9.17, 15) is 9.18 Å². The van der Waals surface area contributed by atoms with Crippen molar-refractivity contribution in [3.8, 4) is 5.69 Å². The molecule has 3 rings (SSSR count). The molecule has 1 aliphatic rings. The molecule has 0 radical (unpaired) electrons. The van der Waals surface area contributed by atoms with Gasteiger partial charge in [-0.2, -0.15) is 5.10 Å². The largest absolute Gasteiger partial charge is 0.341 e. The van der Waals surface area contributed by atoms with E-state index in [1.165, 1.54) is 44.2 Å². The monoisotopic (exact) mass is 343 g/mol. The van der Waals surface area contributed by atoms with Crippen LogP contribution in [0.2, 0.25) is 0 Å². The Morgan fingerprint density at radius 3 is 2.48 bits per heavy atom. The van der Waals surface area contributed by atoms with E-state index in [1.54, 1.807) is 16.8 Å². The number of nitrogens with zero attached hydrogens (tertiary/aromatic N) is 3. The Bertz CT molecular complexity index is 745. The Hall–Kier alpha value is -2.17. The molecule has 0 unspecified atom stereocenters. The molecule has 5 heteroatoms. The zero-order chi connectivity index (χ0) is 18.0. The summed E-state index contributed by atoms with van der Waals surface area (Å²) < 4.78 is 14.9. The second-order valence-corrected chi connectivity index (χ2v) is 7.12. The minimum atomic E-state index is -0.284. The number of halogens is 1. The Balaban J connectivity index is 1.81. The number of carbonyl (C=O) groups is 1. The summed E-state index contributed by atoms with van der Waals surface area (Å²) in [4.78, 5) is 14.8. The van der Waals surface area contributed by atoms with E-state index in [0.29, 0.717) is 17.2 Å². The predicted molar refractivity (Wildman–Crippen MR) is 96.5 cm³/mol.